The summed E-state index contributed by atoms with van der Waals surface area (Å²) in [5.41, 5.74) is -0.676. The third-order valence-electron chi connectivity index (χ3n) is 4.12. The first-order valence-corrected chi connectivity index (χ1v) is 7.36. The summed E-state index contributed by atoms with van der Waals surface area (Å²) in [6, 6.07) is 0. The summed E-state index contributed by atoms with van der Waals surface area (Å²) >= 11 is 0. The Morgan fingerprint density at radius 3 is 2.58 bits per heavy atom. The molecule has 2 fully saturated rings. The number of carbonyl (C=O) groups excluding carboxylic acids is 2. The number of hydrogen-bond acceptors (Lipinski definition) is 3. The summed E-state index contributed by atoms with van der Waals surface area (Å²) in [5.74, 6) is -0.147. The zero-order chi connectivity index (χ0) is 13.7. The van der Waals surface area contributed by atoms with Crippen LogP contribution in [0.1, 0.15) is 45.4 Å². The highest BCUT2D eigenvalue weighted by atomic mass is 16.5. The van der Waals surface area contributed by atoms with Crippen molar-refractivity contribution in [2.45, 2.75) is 51.0 Å². The van der Waals surface area contributed by atoms with Gasteiger partial charge >= 0.3 is 0 Å². The average molecular weight is 268 g/mol. The number of carbonyl (C=O) groups is 2. The zero-order valence-corrected chi connectivity index (χ0v) is 11.7. The molecular weight excluding hydrogens is 244 g/mol. The summed E-state index contributed by atoms with van der Waals surface area (Å²) in [6.07, 6.45) is 5.27. The number of hydrogen-bond donors (Lipinski definition) is 2. The SMILES string of the molecule is CCNC(=O)C1(NC(=O)[C@@H]2CCCOC2)CCCC1. The first-order chi connectivity index (χ1) is 9.18. The predicted octanol–water partition coefficient (Wildman–Crippen LogP) is 0.978. The van der Waals surface area contributed by atoms with E-state index in [1.807, 2.05) is 6.92 Å². The third-order valence-corrected chi connectivity index (χ3v) is 4.12. The number of amides is 2. The van der Waals surface area contributed by atoms with Gasteiger partial charge in [-0.3, -0.25) is 9.59 Å². The summed E-state index contributed by atoms with van der Waals surface area (Å²) in [7, 11) is 0. The van der Waals surface area contributed by atoms with Gasteiger partial charge in [-0.05, 0) is 32.6 Å². The van der Waals surface area contributed by atoms with Crippen molar-refractivity contribution >= 4 is 11.8 Å². The molecule has 2 amide bonds. The molecule has 0 unspecified atom stereocenters. The van der Waals surface area contributed by atoms with Gasteiger partial charge in [-0.2, -0.15) is 0 Å². The molecule has 0 aromatic carbocycles. The van der Waals surface area contributed by atoms with Crippen molar-refractivity contribution in [3.8, 4) is 0 Å². The topological polar surface area (TPSA) is 67.4 Å². The molecule has 0 spiro atoms. The molecule has 1 atom stereocenters. The molecule has 1 aliphatic carbocycles. The van der Waals surface area contributed by atoms with Gasteiger partial charge in [0.1, 0.15) is 5.54 Å². The van der Waals surface area contributed by atoms with Gasteiger partial charge in [0.15, 0.2) is 0 Å². The van der Waals surface area contributed by atoms with E-state index < -0.39 is 5.54 Å². The van der Waals surface area contributed by atoms with E-state index in [4.69, 9.17) is 4.74 Å². The summed E-state index contributed by atoms with van der Waals surface area (Å²) in [5, 5.41) is 5.87. The van der Waals surface area contributed by atoms with Crippen LogP contribution in [0.15, 0.2) is 0 Å². The van der Waals surface area contributed by atoms with Gasteiger partial charge in [-0.25, -0.2) is 0 Å². The fourth-order valence-electron chi connectivity index (χ4n) is 3.00. The quantitative estimate of drug-likeness (QED) is 0.798. The van der Waals surface area contributed by atoms with Gasteiger partial charge < -0.3 is 15.4 Å². The van der Waals surface area contributed by atoms with Crippen LogP contribution < -0.4 is 10.6 Å². The van der Waals surface area contributed by atoms with E-state index in [1.165, 1.54) is 0 Å². The Morgan fingerprint density at radius 1 is 1.26 bits per heavy atom. The van der Waals surface area contributed by atoms with Crippen LogP contribution in [0.2, 0.25) is 0 Å². The highest BCUT2D eigenvalue weighted by molar-refractivity contribution is 5.92. The Morgan fingerprint density at radius 2 is 2.00 bits per heavy atom. The molecule has 0 bridgehead atoms. The fraction of sp³-hybridized carbons (Fsp3) is 0.857. The minimum Gasteiger partial charge on any atom is -0.381 e. The van der Waals surface area contributed by atoms with Crippen LogP contribution in [-0.2, 0) is 14.3 Å². The number of nitrogens with one attached hydrogen (secondary N) is 2. The van der Waals surface area contributed by atoms with Crippen molar-refractivity contribution in [2.24, 2.45) is 5.92 Å². The summed E-state index contributed by atoms with van der Waals surface area (Å²) < 4.78 is 5.35. The van der Waals surface area contributed by atoms with Crippen LogP contribution in [0.4, 0.5) is 0 Å². The van der Waals surface area contributed by atoms with Crippen LogP contribution in [0.5, 0.6) is 0 Å². The second-order valence-corrected chi connectivity index (χ2v) is 5.55. The lowest BCUT2D eigenvalue weighted by molar-refractivity contribution is -0.137. The van der Waals surface area contributed by atoms with Crippen molar-refractivity contribution in [3.05, 3.63) is 0 Å². The third kappa shape index (κ3) is 3.26. The molecule has 5 nitrogen and oxygen atoms in total. The van der Waals surface area contributed by atoms with E-state index >= 15 is 0 Å². The maximum absolute atomic E-state index is 12.3. The lowest BCUT2D eigenvalue weighted by atomic mass is 9.93. The monoisotopic (exact) mass is 268 g/mol. The molecule has 5 heteroatoms. The first kappa shape index (κ1) is 14.3. The van der Waals surface area contributed by atoms with Crippen molar-refractivity contribution in [1.82, 2.24) is 10.6 Å². The molecule has 0 aromatic rings. The molecule has 1 saturated heterocycles. The van der Waals surface area contributed by atoms with Gasteiger partial charge in [0, 0.05) is 13.2 Å². The lowest BCUT2D eigenvalue weighted by Crippen LogP contribution is -2.58. The Hall–Kier alpha value is -1.10. The number of likely N-dealkylation sites (N-methyl/N-ethyl adjacent to an activating group) is 1. The van der Waals surface area contributed by atoms with Crippen LogP contribution in [0.25, 0.3) is 0 Å². The summed E-state index contributed by atoms with van der Waals surface area (Å²) in [4.78, 5) is 24.5. The minimum atomic E-state index is -0.676. The van der Waals surface area contributed by atoms with E-state index in [0.29, 0.717) is 13.2 Å². The van der Waals surface area contributed by atoms with Gasteiger partial charge in [-0.1, -0.05) is 12.8 Å². The van der Waals surface area contributed by atoms with E-state index in [-0.39, 0.29) is 17.7 Å². The number of ether oxygens (including phenoxy) is 1. The van der Waals surface area contributed by atoms with Crippen molar-refractivity contribution in [2.75, 3.05) is 19.8 Å². The Balaban J connectivity index is 1.99. The molecular formula is C14H24N2O3. The second kappa shape index (κ2) is 6.37. The molecule has 0 aromatic heterocycles. The van der Waals surface area contributed by atoms with Gasteiger partial charge in [0.2, 0.25) is 11.8 Å². The summed E-state index contributed by atoms with van der Waals surface area (Å²) in [6.45, 7) is 3.73. The molecule has 19 heavy (non-hydrogen) atoms. The second-order valence-electron chi connectivity index (χ2n) is 5.55. The maximum Gasteiger partial charge on any atom is 0.245 e. The molecule has 108 valence electrons. The first-order valence-electron chi connectivity index (χ1n) is 7.36. The van der Waals surface area contributed by atoms with Crippen molar-refractivity contribution < 1.29 is 14.3 Å². The molecule has 1 saturated carbocycles. The van der Waals surface area contributed by atoms with Crippen LogP contribution >= 0.6 is 0 Å². The fourth-order valence-corrected chi connectivity index (χ4v) is 3.00. The highest BCUT2D eigenvalue weighted by Gasteiger charge is 2.43. The van der Waals surface area contributed by atoms with Crippen LogP contribution in [0, 0.1) is 5.92 Å². The standard InChI is InChI=1S/C14H24N2O3/c1-2-15-13(18)14(7-3-4-8-14)16-12(17)11-6-5-9-19-10-11/h11H,2-10H2,1H3,(H,15,18)(H,16,17)/t11-/m1/s1. The largest absolute Gasteiger partial charge is 0.381 e. The highest BCUT2D eigenvalue weighted by Crippen LogP contribution is 2.30. The van der Waals surface area contributed by atoms with E-state index in [1.54, 1.807) is 0 Å². The van der Waals surface area contributed by atoms with E-state index in [9.17, 15) is 9.59 Å². The average Bonchev–Trinajstić information content (AvgIpc) is 2.90. The molecule has 1 heterocycles. The van der Waals surface area contributed by atoms with Crippen LogP contribution in [-0.4, -0.2) is 37.1 Å². The Bertz CT molecular complexity index is 332. The lowest BCUT2D eigenvalue weighted by Gasteiger charge is -2.31. The van der Waals surface area contributed by atoms with Crippen molar-refractivity contribution in [3.63, 3.8) is 0 Å². The van der Waals surface area contributed by atoms with Gasteiger partial charge in [-0.15, -0.1) is 0 Å². The maximum atomic E-state index is 12.3. The van der Waals surface area contributed by atoms with E-state index in [2.05, 4.69) is 10.6 Å². The Labute approximate surface area is 114 Å². The Kier molecular flexibility index (Phi) is 4.80. The molecule has 2 aliphatic rings. The normalized spacial score (nSPS) is 25.8. The van der Waals surface area contributed by atoms with Gasteiger partial charge in [0.05, 0.1) is 12.5 Å². The zero-order valence-electron chi connectivity index (χ0n) is 11.7. The predicted molar refractivity (Wildman–Crippen MR) is 71.6 cm³/mol. The smallest absolute Gasteiger partial charge is 0.245 e. The van der Waals surface area contributed by atoms with Crippen LogP contribution in [0.3, 0.4) is 0 Å². The minimum absolute atomic E-state index is 0.0205. The molecule has 2 N–H and O–H groups in total. The molecule has 1 aliphatic heterocycles. The number of rotatable bonds is 4. The molecule has 2 rings (SSSR count). The molecule has 0 radical (unpaired) electrons. The van der Waals surface area contributed by atoms with E-state index in [0.717, 1.165) is 45.1 Å². The van der Waals surface area contributed by atoms with Gasteiger partial charge in [0.25, 0.3) is 0 Å². The van der Waals surface area contributed by atoms with Crippen molar-refractivity contribution in [1.29, 1.82) is 0 Å².